The minimum Gasteiger partial charge on any atom is -0.508 e. The normalized spacial score (nSPS) is 11.7. The summed E-state index contributed by atoms with van der Waals surface area (Å²) in [6.07, 6.45) is 0. The number of rotatable bonds is 3. The highest BCUT2D eigenvalue weighted by molar-refractivity contribution is 5.40. The number of likely N-dealkylation sites (N-methyl/N-ethyl adjacent to an activating group) is 1. The third-order valence-electron chi connectivity index (χ3n) is 2.50. The van der Waals surface area contributed by atoms with Gasteiger partial charge in [-0.25, -0.2) is 0 Å². The molecule has 2 heteroatoms. The number of benzene rings is 1. The number of phenols is 1. The molecule has 1 aromatic carbocycles. The average Bonchev–Trinajstić information content (AvgIpc) is 2.02. The molecule has 0 aliphatic heterocycles. The SMILES string of the molecule is CNCC(C)(C)c1ccc(C)cc1O. The van der Waals surface area contributed by atoms with E-state index in [4.69, 9.17) is 0 Å². The van der Waals surface area contributed by atoms with Gasteiger partial charge in [0.05, 0.1) is 0 Å². The summed E-state index contributed by atoms with van der Waals surface area (Å²) in [7, 11) is 1.92. The first-order valence-corrected chi connectivity index (χ1v) is 4.92. The lowest BCUT2D eigenvalue weighted by atomic mass is 9.83. The first-order valence-electron chi connectivity index (χ1n) is 4.92. The molecule has 0 radical (unpaired) electrons. The van der Waals surface area contributed by atoms with E-state index in [0.717, 1.165) is 17.7 Å². The molecule has 0 atom stereocenters. The van der Waals surface area contributed by atoms with Gasteiger partial charge >= 0.3 is 0 Å². The predicted octanol–water partition coefficient (Wildman–Crippen LogP) is 2.20. The van der Waals surface area contributed by atoms with E-state index in [0.29, 0.717) is 5.75 Å². The van der Waals surface area contributed by atoms with Crippen LogP contribution in [0.15, 0.2) is 18.2 Å². The average molecular weight is 193 g/mol. The highest BCUT2D eigenvalue weighted by atomic mass is 16.3. The third-order valence-corrected chi connectivity index (χ3v) is 2.50. The molecule has 0 unspecified atom stereocenters. The molecule has 0 bridgehead atoms. The smallest absolute Gasteiger partial charge is 0.119 e. The van der Waals surface area contributed by atoms with Crippen LogP contribution >= 0.6 is 0 Å². The largest absolute Gasteiger partial charge is 0.508 e. The Labute approximate surface area is 86.0 Å². The molecule has 0 spiro atoms. The van der Waals surface area contributed by atoms with Crippen molar-refractivity contribution >= 4 is 0 Å². The monoisotopic (exact) mass is 193 g/mol. The van der Waals surface area contributed by atoms with Crippen molar-refractivity contribution in [1.29, 1.82) is 0 Å². The highest BCUT2D eigenvalue weighted by Gasteiger charge is 2.22. The van der Waals surface area contributed by atoms with Gasteiger partial charge in [-0.2, -0.15) is 0 Å². The number of hydrogen-bond acceptors (Lipinski definition) is 2. The van der Waals surface area contributed by atoms with Gasteiger partial charge in [-0.05, 0) is 25.6 Å². The minimum atomic E-state index is -0.0352. The van der Waals surface area contributed by atoms with E-state index in [2.05, 4.69) is 19.2 Å². The van der Waals surface area contributed by atoms with Crippen LogP contribution < -0.4 is 5.32 Å². The molecule has 0 fully saturated rings. The highest BCUT2D eigenvalue weighted by Crippen LogP contribution is 2.30. The molecule has 1 rings (SSSR count). The van der Waals surface area contributed by atoms with E-state index >= 15 is 0 Å². The summed E-state index contributed by atoms with van der Waals surface area (Å²) in [5, 5.41) is 13.0. The van der Waals surface area contributed by atoms with Gasteiger partial charge < -0.3 is 10.4 Å². The summed E-state index contributed by atoms with van der Waals surface area (Å²) in [6.45, 7) is 7.07. The number of aromatic hydroxyl groups is 1. The molecule has 1 aromatic rings. The summed E-state index contributed by atoms with van der Waals surface area (Å²) in [4.78, 5) is 0. The zero-order chi connectivity index (χ0) is 10.8. The first kappa shape index (κ1) is 11.1. The van der Waals surface area contributed by atoms with Crippen molar-refractivity contribution in [3.8, 4) is 5.75 Å². The van der Waals surface area contributed by atoms with Crippen molar-refractivity contribution in [2.75, 3.05) is 13.6 Å². The van der Waals surface area contributed by atoms with Crippen LogP contribution in [0.5, 0.6) is 5.75 Å². The number of hydrogen-bond donors (Lipinski definition) is 2. The van der Waals surface area contributed by atoms with Crippen LogP contribution in [0.2, 0.25) is 0 Å². The molecule has 0 amide bonds. The van der Waals surface area contributed by atoms with Crippen LogP contribution in [0.1, 0.15) is 25.0 Å². The van der Waals surface area contributed by atoms with E-state index in [9.17, 15) is 5.11 Å². The first-order chi connectivity index (χ1) is 6.47. The maximum atomic E-state index is 9.83. The zero-order valence-electron chi connectivity index (χ0n) is 9.39. The molecule has 0 aliphatic carbocycles. The lowest BCUT2D eigenvalue weighted by molar-refractivity contribution is 0.426. The fourth-order valence-corrected chi connectivity index (χ4v) is 1.75. The second-order valence-corrected chi connectivity index (χ2v) is 4.43. The summed E-state index contributed by atoms with van der Waals surface area (Å²) < 4.78 is 0. The molecule has 2 nitrogen and oxygen atoms in total. The van der Waals surface area contributed by atoms with Gasteiger partial charge in [0.2, 0.25) is 0 Å². The van der Waals surface area contributed by atoms with E-state index in [1.165, 1.54) is 0 Å². The summed E-state index contributed by atoms with van der Waals surface area (Å²) in [6, 6.07) is 5.85. The van der Waals surface area contributed by atoms with Crippen molar-refractivity contribution < 1.29 is 5.11 Å². The molecular weight excluding hydrogens is 174 g/mol. The van der Waals surface area contributed by atoms with Gasteiger partial charge in [0.25, 0.3) is 0 Å². The molecule has 0 heterocycles. The molecule has 78 valence electrons. The van der Waals surface area contributed by atoms with Crippen LogP contribution in [-0.2, 0) is 5.41 Å². The lowest BCUT2D eigenvalue weighted by Gasteiger charge is -2.25. The van der Waals surface area contributed by atoms with Gasteiger partial charge in [-0.1, -0.05) is 26.0 Å². The number of aryl methyl sites for hydroxylation is 1. The molecular formula is C12H19NO. The molecule has 0 aromatic heterocycles. The topological polar surface area (TPSA) is 32.3 Å². The Bertz CT molecular complexity index is 318. The Hall–Kier alpha value is -1.02. The quantitative estimate of drug-likeness (QED) is 0.771. The summed E-state index contributed by atoms with van der Waals surface area (Å²) >= 11 is 0. The fraction of sp³-hybridized carbons (Fsp3) is 0.500. The van der Waals surface area contributed by atoms with Gasteiger partial charge in [-0.3, -0.25) is 0 Å². The van der Waals surface area contributed by atoms with Gasteiger partial charge in [0.15, 0.2) is 0 Å². The van der Waals surface area contributed by atoms with Gasteiger partial charge in [0, 0.05) is 17.5 Å². The second-order valence-electron chi connectivity index (χ2n) is 4.43. The van der Waals surface area contributed by atoms with Crippen LogP contribution in [0.25, 0.3) is 0 Å². The maximum Gasteiger partial charge on any atom is 0.119 e. The van der Waals surface area contributed by atoms with E-state index in [1.54, 1.807) is 0 Å². The van der Waals surface area contributed by atoms with E-state index < -0.39 is 0 Å². The Morgan fingerprint density at radius 3 is 2.50 bits per heavy atom. The van der Waals surface area contributed by atoms with E-state index in [1.807, 2.05) is 32.2 Å². The van der Waals surface area contributed by atoms with Crippen LogP contribution in [-0.4, -0.2) is 18.7 Å². The Morgan fingerprint density at radius 2 is 2.00 bits per heavy atom. The molecule has 0 saturated carbocycles. The Kier molecular flexibility index (Phi) is 3.17. The Morgan fingerprint density at radius 1 is 1.36 bits per heavy atom. The van der Waals surface area contributed by atoms with Gasteiger partial charge in [-0.15, -0.1) is 0 Å². The van der Waals surface area contributed by atoms with Crippen LogP contribution in [0, 0.1) is 6.92 Å². The number of phenolic OH excluding ortho intramolecular Hbond substituents is 1. The van der Waals surface area contributed by atoms with Crippen LogP contribution in [0.3, 0.4) is 0 Å². The predicted molar refractivity (Wildman–Crippen MR) is 59.8 cm³/mol. The maximum absolute atomic E-state index is 9.83. The molecule has 2 N–H and O–H groups in total. The van der Waals surface area contributed by atoms with Crippen molar-refractivity contribution in [3.05, 3.63) is 29.3 Å². The summed E-state index contributed by atoms with van der Waals surface area (Å²) in [5.74, 6) is 0.394. The molecule has 14 heavy (non-hydrogen) atoms. The van der Waals surface area contributed by atoms with E-state index in [-0.39, 0.29) is 5.41 Å². The lowest BCUT2D eigenvalue weighted by Crippen LogP contribution is -2.30. The zero-order valence-corrected chi connectivity index (χ0v) is 9.39. The van der Waals surface area contributed by atoms with Gasteiger partial charge in [0.1, 0.15) is 5.75 Å². The van der Waals surface area contributed by atoms with Crippen LogP contribution in [0.4, 0.5) is 0 Å². The number of nitrogens with one attached hydrogen (secondary N) is 1. The second kappa shape index (κ2) is 4.01. The van der Waals surface area contributed by atoms with Crippen molar-refractivity contribution in [2.24, 2.45) is 0 Å². The molecule has 0 aliphatic rings. The minimum absolute atomic E-state index is 0.0352. The van der Waals surface area contributed by atoms with Crippen molar-refractivity contribution in [2.45, 2.75) is 26.2 Å². The summed E-state index contributed by atoms with van der Waals surface area (Å²) in [5.41, 5.74) is 2.05. The Balaban J connectivity index is 3.06. The van der Waals surface area contributed by atoms with Crippen molar-refractivity contribution in [1.82, 2.24) is 5.32 Å². The third kappa shape index (κ3) is 2.26. The van der Waals surface area contributed by atoms with Crippen molar-refractivity contribution in [3.63, 3.8) is 0 Å². The molecule has 0 saturated heterocycles. The fourth-order valence-electron chi connectivity index (χ4n) is 1.75. The standard InChI is InChI=1S/C12H19NO/c1-9-5-6-10(11(14)7-9)12(2,3)8-13-4/h5-7,13-14H,8H2,1-4H3.